The number of nitro groups is 1. The fourth-order valence-corrected chi connectivity index (χ4v) is 3.31. The molecule has 0 unspecified atom stereocenters. The number of hydrogen-bond donors (Lipinski definition) is 2. The number of aromatic amines is 2. The minimum Gasteiger partial charge on any atom is -0.358 e. The Labute approximate surface area is 158 Å². The molecule has 2 aromatic heterocycles. The Kier molecular flexibility index (Phi) is 4.25. The number of aromatic nitrogens is 2. The second kappa shape index (κ2) is 6.74. The van der Waals surface area contributed by atoms with Gasteiger partial charge < -0.3 is 15.1 Å². The highest BCUT2D eigenvalue weighted by Crippen LogP contribution is 2.33. The Hall–Kier alpha value is -3.38. The number of fused-ring (bicyclic) bond motifs is 1. The first-order valence-corrected chi connectivity index (χ1v) is 8.63. The van der Waals surface area contributed by atoms with Crippen LogP contribution in [0.1, 0.15) is 11.3 Å². The van der Waals surface area contributed by atoms with Gasteiger partial charge in [0.1, 0.15) is 5.52 Å². The number of halogens is 1. The Morgan fingerprint density at radius 2 is 1.67 bits per heavy atom. The van der Waals surface area contributed by atoms with Crippen molar-refractivity contribution in [2.45, 2.75) is 6.42 Å². The van der Waals surface area contributed by atoms with Crippen LogP contribution in [0.4, 0.5) is 5.82 Å². The zero-order chi connectivity index (χ0) is 19.0. The van der Waals surface area contributed by atoms with Gasteiger partial charge in [0.15, 0.2) is 5.52 Å². The highest BCUT2D eigenvalue weighted by molar-refractivity contribution is 6.30. The highest BCUT2D eigenvalue weighted by atomic mass is 35.5. The molecule has 0 amide bonds. The molecule has 0 aliphatic rings. The SMILES string of the molecule is O=c1cc([N+](=O)[O-])[nH]c2c(-c3ccc(Cl)cc3)c(Cc3ccccc3)[nH]c12. The quantitative estimate of drug-likeness (QED) is 0.398. The number of hydrogen-bond acceptors (Lipinski definition) is 3. The summed E-state index contributed by atoms with van der Waals surface area (Å²) in [6, 6.07) is 17.9. The predicted octanol–water partition coefficient (Wildman–Crippen LogP) is 4.68. The van der Waals surface area contributed by atoms with E-state index in [1.165, 1.54) is 0 Å². The largest absolute Gasteiger partial charge is 0.358 e. The molecule has 0 saturated heterocycles. The maximum Gasteiger partial charge on any atom is 0.325 e. The van der Waals surface area contributed by atoms with Crippen molar-refractivity contribution < 1.29 is 4.92 Å². The van der Waals surface area contributed by atoms with Gasteiger partial charge in [-0.15, -0.1) is 0 Å². The predicted molar refractivity (Wildman–Crippen MR) is 105 cm³/mol. The third-order valence-electron chi connectivity index (χ3n) is 4.40. The van der Waals surface area contributed by atoms with E-state index < -0.39 is 10.4 Å². The zero-order valence-electron chi connectivity index (χ0n) is 14.0. The van der Waals surface area contributed by atoms with Gasteiger partial charge in [-0.1, -0.05) is 54.1 Å². The fraction of sp³-hybridized carbons (Fsp3) is 0.0500. The summed E-state index contributed by atoms with van der Waals surface area (Å²) in [7, 11) is 0. The van der Waals surface area contributed by atoms with Gasteiger partial charge in [0.2, 0.25) is 5.43 Å². The lowest BCUT2D eigenvalue weighted by Gasteiger charge is -2.05. The molecule has 2 aromatic carbocycles. The molecule has 0 radical (unpaired) electrons. The van der Waals surface area contributed by atoms with Crippen LogP contribution in [0.15, 0.2) is 65.5 Å². The molecular formula is C20H14ClN3O3. The van der Waals surface area contributed by atoms with Crippen molar-refractivity contribution in [2.24, 2.45) is 0 Å². The van der Waals surface area contributed by atoms with Crippen molar-refractivity contribution in [3.05, 3.63) is 97.3 Å². The summed E-state index contributed by atoms with van der Waals surface area (Å²) >= 11 is 6.00. The smallest absolute Gasteiger partial charge is 0.325 e. The van der Waals surface area contributed by atoms with Crippen LogP contribution in [0, 0.1) is 10.1 Å². The zero-order valence-corrected chi connectivity index (χ0v) is 14.8. The molecule has 6 nitrogen and oxygen atoms in total. The van der Waals surface area contributed by atoms with Crippen LogP contribution >= 0.6 is 11.6 Å². The van der Waals surface area contributed by atoms with Gasteiger partial charge in [-0.3, -0.25) is 4.79 Å². The summed E-state index contributed by atoms with van der Waals surface area (Å²) in [5, 5.41) is 11.8. The van der Waals surface area contributed by atoms with Crippen molar-refractivity contribution in [3.8, 4) is 11.1 Å². The molecule has 2 N–H and O–H groups in total. The standard InChI is InChI=1S/C20H14ClN3O3/c21-14-8-6-13(7-9-14)18-15(10-12-4-2-1-3-5-12)22-19-16(25)11-17(24(26)27)23-20(18)19/h1-9,11,22H,10H2,(H,23,25). The minimum absolute atomic E-state index is 0.316. The van der Waals surface area contributed by atoms with E-state index in [-0.39, 0.29) is 5.82 Å². The molecule has 4 aromatic rings. The van der Waals surface area contributed by atoms with Gasteiger partial charge in [-0.25, -0.2) is 4.98 Å². The van der Waals surface area contributed by atoms with Crippen LogP contribution in [0.2, 0.25) is 5.02 Å². The number of H-pyrrole nitrogens is 2. The summed E-state index contributed by atoms with van der Waals surface area (Å²) in [6.07, 6.45) is 0.550. The van der Waals surface area contributed by atoms with Crippen LogP contribution in [0.3, 0.4) is 0 Å². The lowest BCUT2D eigenvalue weighted by atomic mass is 10.0. The summed E-state index contributed by atoms with van der Waals surface area (Å²) < 4.78 is 0. The van der Waals surface area contributed by atoms with Gasteiger partial charge in [-0.05, 0) is 28.2 Å². The van der Waals surface area contributed by atoms with Crippen molar-refractivity contribution in [2.75, 3.05) is 0 Å². The fourth-order valence-electron chi connectivity index (χ4n) is 3.19. The van der Waals surface area contributed by atoms with Crippen LogP contribution in [-0.2, 0) is 6.42 Å². The number of nitrogens with one attached hydrogen (secondary N) is 2. The van der Waals surface area contributed by atoms with Crippen molar-refractivity contribution >= 4 is 28.5 Å². The summed E-state index contributed by atoms with van der Waals surface area (Å²) in [5.74, 6) is -0.340. The number of rotatable bonds is 4. The van der Waals surface area contributed by atoms with Crippen molar-refractivity contribution in [3.63, 3.8) is 0 Å². The van der Waals surface area contributed by atoms with Gasteiger partial charge in [0.05, 0.1) is 11.6 Å². The average Bonchev–Trinajstić information content (AvgIpc) is 3.02. The van der Waals surface area contributed by atoms with Gasteiger partial charge in [0.25, 0.3) is 0 Å². The van der Waals surface area contributed by atoms with Crippen LogP contribution in [0.25, 0.3) is 22.2 Å². The minimum atomic E-state index is -0.601. The lowest BCUT2D eigenvalue weighted by Crippen LogP contribution is -2.04. The molecule has 2 heterocycles. The third kappa shape index (κ3) is 3.22. The molecule has 0 fully saturated rings. The summed E-state index contributed by atoms with van der Waals surface area (Å²) in [6.45, 7) is 0. The molecule has 27 heavy (non-hydrogen) atoms. The van der Waals surface area contributed by atoms with E-state index in [2.05, 4.69) is 9.97 Å². The number of benzene rings is 2. The second-order valence-electron chi connectivity index (χ2n) is 6.17. The highest BCUT2D eigenvalue weighted by Gasteiger charge is 2.21. The molecule has 0 aliphatic heterocycles. The monoisotopic (exact) mass is 379 g/mol. The van der Waals surface area contributed by atoms with E-state index >= 15 is 0 Å². The Bertz CT molecular complexity index is 1200. The van der Waals surface area contributed by atoms with Crippen LogP contribution in [0.5, 0.6) is 0 Å². The molecule has 0 bridgehead atoms. The molecule has 134 valence electrons. The summed E-state index contributed by atoms with van der Waals surface area (Å²) in [5.41, 5.74) is 3.71. The molecule has 0 spiro atoms. The molecule has 0 atom stereocenters. The Morgan fingerprint density at radius 1 is 0.963 bits per heavy atom. The molecule has 0 aliphatic carbocycles. The van der Waals surface area contributed by atoms with E-state index in [4.69, 9.17) is 11.6 Å². The third-order valence-corrected chi connectivity index (χ3v) is 4.65. The maximum absolute atomic E-state index is 12.4. The van der Waals surface area contributed by atoms with Crippen molar-refractivity contribution in [1.29, 1.82) is 0 Å². The first kappa shape index (κ1) is 17.1. The Morgan fingerprint density at radius 3 is 2.33 bits per heavy atom. The summed E-state index contributed by atoms with van der Waals surface area (Å²) in [4.78, 5) is 29.0. The normalized spacial score (nSPS) is 11.0. The first-order valence-electron chi connectivity index (χ1n) is 8.25. The second-order valence-corrected chi connectivity index (χ2v) is 6.61. The average molecular weight is 380 g/mol. The van der Waals surface area contributed by atoms with Gasteiger partial charge in [0, 0.05) is 17.1 Å². The topological polar surface area (TPSA) is 91.8 Å². The van der Waals surface area contributed by atoms with Gasteiger partial charge >= 0.3 is 5.82 Å². The molecule has 7 heteroatoms. The molecule has 0 saturated carbocycles. The first-order chi connectivity index (χ1) is 13.0. The van der Waals surface area contributed by atoms with E-state index in [1.807, 2.05) is 42.5 Å². The van der Waals surface area contributed by atoms with E-state index in [1.54, 1.807) is 12.1 Å². The van der Waals surface area contributed by atoms with Crippen LogP contribution < -0.4 is 5.43 Å². The Balaban J connectivity index is 1.99. The van der Waals surface area contributed by atoms with Crippen molar-refractivity contribution in [1.82, 2.24) is 9.97 Å². The molecule has 4 rings (SSSR count). The van der Waals surface area contributed by atoms with Crippen LogP contribution in [-0.4, -0.2) is 14.9 Å². The number of nitrogens with zero attached hydrogens (tertiary/aromatic N) is 1. The maximum atomic E-state index is 12.4. The van der Waals surface area contributed by atoms with E-state index in [0.717, 1.165) is 28.5 Å². The van der Waals surface area contributed by atoms with E-state index in [0.29, 0.717) is 22.5 Å². The lowest BCUT2D eigenvalue weighted by molar-refractivity contribution is -0.389. The van der Waals surface area contributed by atoms with E-state index in [9.17, 15) is 14.9 Å². The van der Waals surface area contributed by atoms with Gasteiger partial charge in [-0.2, -0.15) is 0 Å². The number of pyridine rings is 1. The molecular weight excluding hydrogens is 366 g/mol.